The van der Waals surface area contributed by atoms with Crippen LogP contribution in [0, 0.1) is 0 Å². The molecule has 94 valence electrons. The summed E-state index contributed by atoms with van der Waals surface area (Å²) >= 11 is 0. The van der Waals surface area contributed by atoms with Gasteiger partial charge in [0.2, 0.25) is 0 Å². The zero-order chi connectivity index (χ0) is 12.2. The van der Waals surface area contributed by atoms with Crippen LogP contribution in [0.4, 0.5) is 0 Å². The molecule has 0 amide bonds. The predicted octanol–water partition coefficient (Wildman–Crippen LogP) is 0.612. The van der Waals surface area contributed by atoms with Crippen LogP contribution < -0.4 is 0 Å². The first kappa shape index (κ1) is 15.1. The van der Waals surface area contributed by atoms with Crippen LogP contribution in [-0.2, 0) is 14.3 Å². The predicted molar refractivity (Wildman–Crippen MR) is 61.6 cm³/mol. The molecule has 0 rings (SSSR count). The van der Waals surface area contributed by atoms with Gasteiger partial charge in [0.25, 0.3) is 0 Å². The molecule has 0 aliphatic carbocycles. The van der Waals surface area contributed by atoms with E-state index in [1.54, 1.807) is 20.3 Å². The van der Waals surface area contributed by atoms with Crippen molar-refractivity contribution >= 4 is 5.97 Å². The number of rotatable bonds is 10. The highest BCUT2D eigenvalue weighted by Crippen LogP contribution is 1.93. The molecule has 0 saturated heterocycles. The maximum Gasteiger partial charge on any atom is 0.328 e. The molecule has 0 radical (unpaired) electrons. The van der Waals surface area contributed by atoms with Crippen LogP contribution in [0.25, 0.3) is 0 Å². The molecule has 0 bridgehead atoms. The largest absolute Gasteiger partial charge is 0.478 e. The van der Waals surface area contributed by atoms with Crippen LogP contribution in [-0.4, -0.2) is 63.0 Å². The van der Waals surface area contributed by atoms with Gasteiger partial charge in [-0.05, 0) is 6.42 Å². The SMILES string of the molecule is COCCCN(CC=CC(=O)O)CCOC. The van der Waals surface area contributed by atoms with Crippen LogP contribution in [0.1, 0.15) is 6.42 Å². The number of hydrogen-bond acceptors (Lipinski definition) is 4. The molecule has 5 nitrogen and oxygen atoms in total. The summed E-state index contributed by atoms with van der Waals surface area (Å²) in [5.41, 5.74) is 0. The van der Waals surface area contributed by atoms with Gasteiger partial charge in [0.05, 0.1) is 6.61 Å². The van der Waals surface area contributed by atoms with Crippen LogP contribution in [0.2, 0.25) is 0 Å². The number of nitrogens with zero attached hydrogens (tertiary/aromatic N) is 1. The van der Waals surface area contributed by atoms with Crippen molar-refractivity contribution in [2.75, 3.05) is 47.1 Å². The summed E-state index contributed by atoms with van der Waals surface area (Å²) in [6, 6.07) is 0. The number of carboxylic acid groups (broad SMARTS) is 1. The number of carbonyl (C=O) groups is 1. The number of methoxy groups -OCH3 is 2. The van der Waals surface area contributed by atoms with E-state index in [0.29, 0.717) is 19.8 Å². The van der Waals surface area contributed by atoms with E-state index in [1.807, 2.05) is 0 Å². The van der Waals surface area contributed by atoms with Crippen molar-refractivity contribution in [2.45, 2.75) is 6.42 Å². The van der Waals surface area contributed by atoms with Crippen LogP contribution in [0.3, 0.4) is 0 Å². The summed E-state index contributed by atoms with van der Waals surface area (Å²) in [6.45, 7) is 3.66. The van der Waals surface area contributed by atoms with E-state index in [0.717, 1.165) is 25.6 Å². The topological polar surface area (TPSA) is 59.0 Å². The minimum atomic E-state index is -0.913. The summed E-state index contributed by atoms with van der Waals surface area (Å²) in [5.74, 6) is -0.913. The highest BCUT2D eigenvalue weighted by molar-refractivity contribution is 5.79. The molecule has 0 spiro atoms. The van der Waals surface area contributed by atoms with E-state index in [2.05, 4.69) is 4.90 Å². The summed E-state index contributed by atoms with van der Waals surface area (Å²) < 4.78 is 9.96. The normalized spacial score (nSPS) is 11.4. The smallest absolute Gasteiger partial charge is 0.328 e. The van der Waals surface area contributed by atoms with E-state index in [-0.39, 0.29) is 0 Å². The van der Waals surface area contributed by atoms with Crippen LogP contribution >= 0.6 is 0 Å². The van der Waals surface area contributed by atoms with Crippen LogP contribution in [0.5, 0.6) is 0 Å². The second kappa shape index (κ2) is 10.6. The first-order valence-electron chi connectivity index (χ1n) is 5.30. The van der Waals surface area contributed by atoms with Crippen molar-refractivity contribution in [3.8, 4) is 0 Å². The zero-order valence-electron chi connectivity index (χ0n) is 10.0. The lowest BCUT2D eigenvalue weighted by Crippen LogP contribution is -2.29. The van der Waals surface area contributed by atoms with Gasteiger partial charge in [-0.15, -0.1) is 0 Å². The molecule has 0 saturated carbocycles. The fourth-order valence-electron chi connectivity index (χ4n) is 1.25. The van der Waals surface area contributed by atoms with Gasteiger partial charge in [0.15, 0.2) is 0 Å². The number of ether oxygens (including phenoxy) is 2. The second-order valence-corrected chi connectivity index (χ2v) is 3.38. The molecular formula is C11H21NO4. The first-order valence-corrected chi connectivity index (χ1v) is 5.30. The number of carboxylic acids is 1. The molecule has 0 atom stereocenters. The molecule has 0 aromatic rings. The Bertz CT molecular complexity index is 206. The lowest BCUT2D eigenvalue weighted by molar-refractivity contribution is -0.131. The third-order valence-electron chi connectivity index (χ3n) is 2.06. The quantitative estimate of drug-likeness (QED) is 0.441. The Morgan fingerprint density at radius 2 is 1.94 bits per heavy atom. The maximum absolute atomic E-state index is 10.3. The molecule has 0 aliphatic heterocycles. The molecule has 0 fully saturated rings. The fraction of sp³-hybridized carbons (Fsp3) is 0.727. The average molecular weight is 231 g/mol. The molecular weight excluding hydrogens is 210 g/mol. The van der Waals surface area contributed by atoms with Crippen molar-refractivity contribution in [3.05, 3.63) is 12.2 Å². The Morgan fingerprint density at radius 1 is 1.25 bits per heavy atom. The summed E-state index contributed by atoms with van der Waals surface area (Å²) in [4.78, 5) is 12.4. The molecule has 1 N–H and O–H groups in total. The van der Waals surface area contributed by atoms with Crippen molar-refractivity contribution in [3.63, 3.8) is 0 Å². The highest BCUT2D eigenvalue weighted by atomic mass is 16.5. The Hall–Kier alpha value is -0.910. The van der Waals surface area contributed by atoms with E-state index in [4.69, 9.17) is 14.6 Å². The van der Waals surface area contributed by atoms with E-state index >= 15 is 0 Å². The van der Waals surface area contributed by atoms with Gasteiger partial charge < -0.3 is 14.6 Å². The Labute approximate surface area is 96.6 Å². The summed E-state index contributed by atoms with van der Waals surface area (Å²) in [7, 11) is 3.32. The lowest BCUT2D eigenvalue weighted by Gasteiger charge is -2.19. The Morgan fingerprint density at radius 3 is 2.50 bits per heavy atom. The zero-order valence-corrected chi connectivity index (χ0v) is 10.0. The molecule has 0 aliphatic rings. The van der Waals surface area contributed by atoms with E-state index in [9.17, 15) is 4.79 Å². The third kappa shape index (κ3) is 9.64. The molecule has 0 aromatic carbocycles. The van der Waals surface area contributed by atoms with Gasteiger partial charge in [0.1, 0.15) is 0 Å². The average Bonchev–Trinajstić information content (AvgIpc) is 2.25. The molecule has 0 unspecified atom stereocenters. The second-order valence-electron chi connectivity index (χ2n) is 3.38. The Kier molecular flexibility index (Phi) is 10.00. The number of aliphatic carboxylic acids is 1. The maximum atomic E-state index is 10.3. The van der Waals surface area contributed by atoms with Gasteiger partial charge in [0, 0.05) is 46.5 Å². The Balaban J connectivity index is 3.84. The summed E-state index contributed by atoms with van der Waals surface area (Å²) in [6.07, 6.45) is 3.74. The standard InChI is InChI=1S/C11H21NO4/c1-15-9-4-7-12(8-10-16-2)6-3-5-11(13)14/h3,5H,4,6-10H2,1-2H3,(H,13,14). The van der Waals surface area contributed by atoms with Crippen molar-refractivity contribution < 1.29 is 19.4 Å². The van der Waals surface area contributed by atoms with Gasteiger partial charge in [-0.2, -0.15) is 0 Å². The van der Waals surface area contributed by atoms with E-state index < -0.39 is 5.97 Å². The lowest BCUT2D eigenvalue weighted by atomic mass is 10.3. The molecule has 0 heterocycles. The molecule has 16 heavy (non-hydrogen) atoms. The van der Waals surface area contributed by atoms with Gasteiger partial charge in [-0.1, -0.05) is 6.08 Å². The van der Waals surface area contributed by atoms with Crippen molar-refractivity contribution in [1.29, 1.82) is 0 Å². The summed E-state index contributed by atoms with van der Waals surface area (Å²) in [5, 5.41) is 8.47. The minimum Gasteiger partial charge on any atom is -0.478 e. The van der Waals surface area contributed by atoms with Crippen LogP contribution in [0.15, 0.2) is 12.2 Å². The molecule has 5 heteroatoms. The first-order chi connectivity index (χ1) is 7.70. The van der Waals surface area contributed by atoms with E-state index in [1.165, 1.54) is 0 Å². The third-order valence-corrected chi connectivity index (χ3v) is 2.06. The monoisotopic (exact) mass is 231 g/mol. The molecule has 0 aromatic heterocycles. The van der Waals surface area contributed by atoms with Crippen molar-refractivity contribution in [1.82, 2.24) is 4.90 Å². The van der Waals surface area contributed by atoms with Crippen molar-refractivity contribution in [2.24, 2.45) is 0 Å². The minimum absolute atomic E-state index is 0.624. The fourth-order valence-corrected chi connectivity index (χ4v) is 1.25. The highest BCUT2D eigenvalue weighted by Gasteiger charge is 2.02. The van der Waals surface area contributed by atoms with Gasteiger partial charge >= 0.3 is 5.97 Å². The van der Waals surface area contributed by atoms with Gasteiger partial charge in [-0.3, -0.25) is 4.90 Å². The number of hydrogen-bond donors (Lipinski definition) is 1. The van der Waals surface area contributed by atoms with Gasteiger partial charge in [-0.25, -0.2) is 4.79 Å².